The van der Waals surface area contributed by atoms with Crippen molar-refractivity contribution in [1.82, 2.24) is 10.3 Å². The minimum Gasteiger partial charge on any atom is -0.352 e. The van der Waals surface area contributed by atoms with Gasteiger partial charge in [-0.05, 0) is 42.9 Å². The second-order valence-electron chi connectivity index (χ2n) is 5.42. The lowest BCUT2D eigenvalue weighted by Crippen LogP contribution is -2.31. The van der Waals surface area contributed by atoms with Crippen LogP contribution >= 0.6 is 0 Å². The Morgan fingerprint density at radius 2 is 1.90 bits per heavy atom. The van der Waals surface area contributed by atoms with Crippen molar-refractivity contribution in [1.29, 1.82) is 0 Å². The summed E-state index contributed by atoms with van der Waals surface area (Å²) in [6, 6.07) is 13.4. The molecule has 1 amide bonds. The van der Waals surface area contributed by atoms with Crippen molar-refractivity contribution in [3.05, 3.63) is 69.6 Å². The molecular formula is C17H18N2O2. The first kappa shape index (κ1) is 13.6. The number of aromatic nitrogens is 1. The van der Waals surface area contributed by atoms with Crippen molar-refractivity contribution in [2.75, 3.05) is 6.54 Å². The molecule has 1 aliphatic carbocycles. The summed E-state index contributed by atoms with van der Waals surface area (Å²) in [5, 5.41) is 2.79. The SMILES string of the molecule is O=C(NCCc1ccccc1)c1ccc(C2CC2)[nH]c1=O. The van der Waals surface area contributed by atoms with E-state index >= 15 is 0 Å². The Morgan fingerprint density at radius 3 is 2.57 bits per heavy atom. The summed E-state index contributed by atoms with van der Waals surface area (Å²) < 4.78 is 0. The van der Waals surface area contributed by atoms with Crippen LogP contribution in [-0.4, -0.2) is 17.4 Å². The number of pyridine rings is 1. The molecule has 108 valence electrons. The summed E-state index contributed by atoms with van der Waals surface area (Å²) in [6.07, 6.45) is 3.00. The molecule has 0 aliphatic heterocycles. The first-order valence-corrected chi connectivity index (χ1v) is 7.29. The number of aromatic amines is 1. The molecule has 2 N–H and O–H groups in total. The first-order chi connectivity index (χ1) is 10.2. The Balaban J connectivity index is 1.59. The van der Waals surface area contributed by atoms with Crippen LogP contribution in [-0.2, 0) is 6.42 Å². The van der Waals surface area contributed by atoms with Crippen molar-refractivity contribution < 1.29 is 4.79 Å². The van der Waals surface area contributed by atoms with E-state index in [-0.39, 0.29) is 17.0 Å². The number of H-pyrrole nitrogens is 1. The third kappa shape index (κ3) is 3.40. The molecule has 21 heavy (non-hydrogen) atoms. The van der Waals surface area contributed by atoms with Gasteiger partial charge in [0.2, 0.25) is 0 Å². The van der Waals surface area contributed by atoms with Gasteiger partial charge < -0.3 is 10.3 Å². The molecule has 0 bridgehead atoms. The van der Waals surface area contributed by atoms with Gasteiger partial charge in [-0.15, -0.1) is 0 Å². The summed E-state index contributed by atoms with van der Waals surface area (Å²) >= 11 is 0. The minimum absolute atomic E-state index is 0.187. The van der Waals surface area contributed by atoms with Crippen LogP contribution in [0.1, 0.15) is 40.4 Å². The zero-order valence-electron chi connectivity index (χ0n) is 11.8. The minimum atomic E-state index is -0.311. The smallest absolute Gasteiger partial charge is 0.261 e. The standard InChI is InChI=1S/C17H18N2O2/c20-16(18-11-10-12-4-2-1-3-5-12)14-8-9-15(13-6-7-13)19-17(14)21/h1-5,8-9,13H,6-7,10-11H2,(H,18,20)(H,19,21). The van der Waals surface area contributed by atoms with E-state index < -0.39 is 0 Å². The highest BCUT2D eigenvalue weighted by Crippen LogP contribution is 2.38. The van der Waals surface area contributed by atoms with E-state index in [1.807, 2.05) is 36.4 Å². The zero-order chi connectivity index (χ0) is 14.7. The maximum absolute atomic E-state index is 12.0. The highest BCUT2D eigenvalue weighted by Gasteiger charge is 2.25. The summed E-state index contributed by atoms with van der Waals surface area (Å²) in [4.78, 5) is 26.8. The number of nitrogens with one attached hydrogen (secondary N) is 2. The van der Waals surface area contributed by atoms with Crippen LogP contribution in [0.15, 0.2) is 47.3 Å². The van der Waals surface area contributed by atoms with Gasteiger partial charge in [0.15, 0.2) is 0 Å². The van der Waals surface area contributed by atoms with Gasteiger partial charge in [-0.25, -0.2) is 0 Å². The van der Waals surface area contributed by atoms with Gasteiger partial charge in [0.05, 0.1) is 0 Å². The van der Waals surface area contributed by atoms with Gasteiger partial charge in [-0.2, -0.15) is 0 Å². The van der Waals surface area contributed by atoms with Gasteiger partial charge >= 0.3 is 0 Å². The maximum Gasteiger partial charge on any atom is 0.261 e. The summed E-state index contributed by atoms with van der Waals surface area (Å²) in [7, 11) is 0. The molecule has 4 nitrogen and oxygen atoms in total. The fourth-order valence-electron chi connectivity index (χ4n) is 2.36. The van der Waals surface area contributed by atoms with Crippen LogP contribution in [0.4, 0.5) is 0 Å². The van der Waals surface area contributed by atoms with Crippen molar-refractivity contribution in [2.45, 2.75) is 25.2 Å². The van der Waals surface area contributed by atoms with Crippen LogP contribution < -0.4 is 10.9 Å². The van der Waals surface area contributed by atoms with Gasteiger partial charge in [-0.1, -0.05) is 30.3 Å². The molecule has 1 aromatic heterocycles. The van der Waals surface area contributed by atoms with Gasteiger partial charge in [0.25, 0.3) is 11.5 Å². The Labute approximate surface area is 123 Å². The number of amides is 1. The number of hydrogen-bond acceptors (Lipinski definition) is 2. The van der Waals surface area contributed by atoms with Crippen molar-refractivity contribution in [3.63, 3.8) is 0 Å². The Hall–Kier alpha value is -2.36. The summed E-state index contributed by atoms with van der Waals surface area (Å²) in [5.74, 6) is 0.169. The van der Waals surface area contributed by atoms with Crippen LogP contribution in [0.2, 0.25) is 0 Å². The van der Waals surface area contributed by atoms with Crippen molar-refractivity contribution in [3.8, 4) is 0 Å². The van der Waals surface area contributed by atoms with E-state index in [0.717, 1.165) is 30.5 Å². The number of hydrogen-bond donors (Lipinski definition) is 2. The molecule has 0 atom stereocenters. The van der Waals surface area contributed by atoms with Crippen molar-refractivity contribution >= 4 is 5.91 Å². The predicted octanol–water partition coefficient (Wildman–Crippen LogP) is 2.22. The van der Waals surface area contributed by atoms with Crippen LogP contribution in [0.5, 0.6) is 0 Å². The van der Waals surface area contributed by atoms with E-state index in [0.29, 0.717) is 12.5 Å². The molecule has 1 aromatic carbocycles. The number of carbonyl (C=O) groups excluding carboxylic acids is 1. The van der Waals surface area contributed by atoms with Crippen LogP contribution in [0.3, 0.4) is 0 Å². The topological polar surface area (TPSA) is 62.0 Å². The van der Waals surface area contributed by atoms with E-state index in [1.54, 1.807) is 6.07 Å². The molecular weight excluding hydrogens is 264 g/mol. The molecule has 1 aliphatic rings. The predicted molar refractivity (Wildman–Crippen MR) is 81.5 cm³/mol. The normalized spacial score (nSPS) is 13.9. The lowest BCUT2D eigenvalue weighted by atomic mass is 10.1. The summed E-state index contributed by atoms with van der Waals surface area (Å²) in [5.41, 5.74) is 2.00. The molecule has 0 spiro atoms. The Bertz CT molecular complexity index is 687. The van der Waals surface area contributed by atoms with Gasteiger partial charge in [0, 0.05) is 12.2 Å². The number of rotatable bonds is 5. The van der Waals surface area contributed by atoms with Crippen LogP contribution in [0.25, 0.3) is 0 Å². The summed E-state index contributed by atoms with van der Waals surface area (Å²) in [6.45, 7) is 0.520. The van der Waals surface area contributed by atoms with Crippen LogP contribution in [0, 0.1) is 0 Å². The van der Waals surface area contributed by atoms with Gasteiger partial charge in [0.1, 0.15) is 5.56 Å². The average Bonchev–Trinajstić information content (AvgIpc) is 3.33. The Kier molecular flexibility index (Phi) is 3.86. The molecule has 0 radical (unpaired) electrons. The molecule has 1 saturated carbocycles. The van der Waals surface area contributed by atoms with E-state index in [2.05, 4.69) is 10.3 Å². The average molecular weight is 282 g/mol. The molecule has 2 aromatic rings. The molecule has 3 rings (SSSR count). The molecule has 1 heterocycles. The van der Waals surface area contributed by atoms with Gasteiger partial charge in [-0.3, -0.25) is 9.59 Å². The van der Waals surface area contributed by atoms with Crippen molar-refractivity contribution in [2.24, 2.45) is 0 Å². The molecule has 0 unspecified atom stereocenters. The fraction of sp³-hybridized carbons (Fsp3) is 0.294. The monoisotopic (exact) mass is 282 g/mol. The lowest BCUT2D eigenvalue weighted by Gasteiger charge is -2.06. The number of carbonyl (C=O) groups is 1. The first-order valence-electron chi connectivity index (χ1n) is 7.29. The van der Waals surface area contributed by atoms with E-state index in [4.69, 9.17) is 0 Å². The highest BCUT2D eigenvalue weighted by molar-refractivity contribution is 5.93. The molecule has 0 saturated heterocycles. The lowest BCUT2D eigenvalue weighted by molar-refractivity contribution is 0.0952. The number of benzene rings is 1. The Morgan fingerprint density at radius 1 is 1.14 bits per heavy atom. The zero-order valence-corrected chi connectivity index (χ0v) is 11.8. The van der Waals surface area contributed by atoms with E-state index in [1.165, 1.54) is 0 Å². The quantitative estimate of drug-likeness (QED) is 0.883. The van der Waals surface area contributed by atoms with E-state index in [9.17, 15) is 9.59 Å². The third-order valence-electron chi connectivity index (χ3n) is 3.74. The molecule has 4 heteroatoms. The fourth-order valence-corrected chi connectivity index (χ4v) is 2.36. The second kappa shape index (κ2) is 5.95. The largest absolute Gasteiger partial charge is 0.352 e. The highest BCUT2D eigenvalue weighted by atomic mass is 16.2. The molecule has 1 fully saturated rings. The third-order valence-corrected chi connectivity index (χ3v) is 3.74. The maximum atomic E-state index is 12.0. The second-order valence-corrected chi connectivity index (χ2v) is 5.42.